The van der Waals surface area contributed by atoms with Crippen LogP contribution in [0.1, 0.15) is 10.5 Å². The average Bonchev–Trinajstić information content (AvgIpc) is 3.32. The van der Waals surface area contributed by atoms with E-state index in [2.05, 4.69) is 15.6 Å². The normalized spacial score (nSPS) is 11.9. The quantitative estimate of drug-likeness (QED) is 0.465. The van der Waals surface area contributed by atoms with Crippen LogP contribution in [0.4, 0.5) is 22.2 Å². The maximum atomic E-state index is 12.4. The monoisotopic (exact) mass is 418 g/mol. The molecule has 1 aliphatic rings. The van der Waals surface area contributed by atoms with Crippen LogP contribution >= 0.6 is 22.9 Å². The van der Waals surface area contributed by atoms with Gasteiger partial charge in [-0.05, 0) is 18.2 Å². The number of ether oxygens (including phenoxy) is 2. The minimum absolute atomic E-state index is 0.0662. The number of nitrogens with one attached hydrogen (secondary N) is 2. The first-order valence-electron chi connectivity index (χ1n) is 7.87. The second-order valence-corrected chi connectivity index (χ2v) is 6.87. The van der Waals surface area contributed by atoms with Crippen molar-refractivity contribution in [2.24, 2.45) is 0 Å². The van der Waals surface area contributed by atoms with E-state index in [1.54, 1.807) is 17.5 Å². The Hall–Kier alpha value is -3.37. The summed E-state index contributed by atoms with van der Waals surface area (Å²) in [5.74, 6) is 0.822. The van der Waals surface area contributed by atoms with Crippen LogP contribution in [0.15, 0.2) is 41.8 Å². The van der Waals surface area contributed by atoms with E-state index in [1.807, 2.05) is 6.07 Å². The highest BCUT2D eigenvalue weighted by Crippen LogP contribution is 2.35. The molecule has 3 aromatic rings. The minimum atomic E-state index is -0.564. The average molecular weight is 419 g/mol. The van der Waals surface area contributed by atoms with Gasteiger partial charge in [-0.3, -0.25) is 14.9 Å². The highest BCUT2D eigenvalue weighted by molar-refractivity contribution is 7.14. The highest BCUT2D eigenvalue weighted by atomic mass is 35.5. The molecular formula is C17H11ClN4O5S. The molecule has 0 saturated carbocycles. The number of hydrogen-bond acceptors (Lipinski definition) is 8. The second kappa shape index (κ2) is 7.33. The third kappa shape index (κ3) is 3.68. The van der Waals surface area contributed by atoms with Gasteiger partial charge in [0.25, 0.3) is 11.6 Å². The van der Waals surface area contributed by atoms with Gasteiger partial charge in [0.2, 0.25) is 6.79 Å². The smallest absolute Gasteiger partial charge is 0.275 e. The molecule has 2 N–H and O–H groups in total. The van der Waals surface area contributed by atoms with Crippen molar-refractivity contribution in [2.75, 3.05) is 17.4 Å². The number of carbonyl (C=O) groups excluding carboxylic acids is 1. The zero-order valence-electron chi connectivity index (χ0n) is 14.0. The number of benzene rings is 2. The molecule has 1 aliphatic heterocycles. The molecule has 0 saturated heterocycles. The Morgan fingerprint density at radius 3 is 2.82 bits per heavy atom. The van der Waals surface area contributed by atoms with E-state index >= 15 is 0 Å². The van der Waals surface area contributed by atoms with E-state index in [-0.39, 0.29) is 28.9 Å². The van der Waals surface area contributed by atoms with Gasteiger partial charge in [0.15, 0.2) is 16.6 Å². The molecule has 4 rings (SSSR count). The fourth-order valence-electron chi connectivity index (χ4n) is 2.44. The summed E-state index contributed by atoms with van der Waals surface area (Å²) in [6, 6.07) is 9.17. The molecule has 9 nitrogen and oxygen atoms in total. The fraction of sp³-hybridized carbons (Fsp3) is 0.0588. The van der Waals surface area contributed by atoms with Gasteiger partial charge in [0.1, 0.15) is 5.69 Å². The number of fused-ring (bicyclic) bond motifs is 1. The lowest BCUT2D eigenvalue weighted by Gasteiger charge is -2.05. The van der Waals surface area contributed by atoms with Crippen molar-refractivity contribution in [3.8, 4) is 11.5 Å². The molecule has 1 amide bonds. The van der Waals surface area contributed by atoms with Crippen molar-refractivity contribution in [3.05, 3.63) is 62.6 Å². The number of carbonyl (C=O) groups is 1. The highest BCUT2D eigenvalue weighted by Gasteiger charge is 2.16. The van der Waals surface area contributed by atoms with Crippen LogP contribution in [0.5, 0.6) is 11.5 Å². The van der Waals surface area contributed by atoms with Gasteiger partial charge in [-0.2, -0.15) is 0 Å². The molecular weight excluding hydrogens is 408 g/mol. The first-order chi connectivity index (χ1) is 13.5. The number of nitro groups is 1. The Labute approximate surface area is 167 Å². The molecule has 28 heavy (non-hydrogen) atoms. The number of thiazole rings is 1. The number of rotatable bonds is 5. The zero-order valence-corrected chi connectivity index (χ0v) is 15.5. The SMILES string of the molecule is O=C(Nc1ccc([N+](=O)[O-])cc1Cl)c1csc(Nc2ccc3c(c2)OCO3)n1. The predicted octanol–water partition coefficient (Wildman–Crippen LogP) is 4.43. The summed E-state index contributed by atoms with van der Waals surface area (Å²) in [6.07, 6.45) is 0. The van der Waals surface area contributed by atoms with Crippen LogP contribution in [-0.4, -0.2) is 22.6 Å². The number of nitro benzene ring substituents is 1. The minimum Gasteiger partial charge on any atom is -0.454 e. The van der Waals surface area contributed by atoms with Gasteiger partial charge in [-0.15, -0.1) is 11.3 Å². The molecule has 2 aromatic carbocycles. The largest absolute Gasteiger partial charge is 0.454 e. The zero-order chi connectivity index (χ0) is 19.7. The third-order valence-corrected chi connectivity index (χ3v) is 4.84. The number of non-ortho nitro benzene ring substituents is 1. The molecule has 0 aliphatic carbocycles. The van der Waals surface area contributed by atoms with Gasteiger partial charge in [0.05, 0.1) is 15.6 Å². The molecule has 11 heteroatoms. The lowest BCUT2D eigenvalue weighted by atomic mass is 10.2. The van der Waals surface area contributed by atoms with Gasteiger partial charge in [-0.1, -0.05) is 11.6 Å². The van der Waals surface area contributed by atoms with Crippen LogP contribution in [0.2, 0.25) is 5.02 Å². The summed E-state index contributed by atoms with van der Waals surface area (Å²) < 4.78 is 10.6. The van der Waals surface area contributed by atoms with Gasteiger partial charge >= 0.3 is 0 Å². The Balaban J connectivity index is 1.45. The summed E-state index contributed by atoms with van der Waals surface area (Å²) in [6.45, 7) is 0.186. The summed E-state index contributed by atoms with van der Waals surface area (Å²) in [7, 11) is 0. The number of nitrogens with zero attached hydrogens (tertiary/aromatic N) is 2. The molecule has 1 aromatic heterocycles. The summed E-state index contributed by atoms with van der Waals surface area (Å²) in [5, 5.41) is 18.6. The van der Waals surface area contributed by atoms with Crippen LogP contribution < -0.4 is 20.1 Å². The topological polar surface area (TPSA) is 116 Å². The van der Waals surface area contributed by atoms with Crippen LogP contribution in [0.25, 0.3) is 0 Å². The first-order valence-corrected chi connectivity index (χ1v) is 9.13. The molecule has 2 heterocycles. The lowest BCUT2D eigenvalue weighted by Crippen LogP contribution is -2.12. The van der Waals surface area contributed by atoms with Gasteiger partial charge in [-0.25, -0.2) is 4.98 Å². The molecule has 0 fully saturated rings. The van der Waals surface area contributed by atoms with E-state index in [0.29, 0.717) is 16.6 Å². The van der Waals surface area contributed by atoms with E-state index in [9.17, 15) is 14.9 Å². The van der Waals surface area contributed by atoms with E-state index in [1.165, 1.54) is 29.5 Å². The summed E-state index contributed by atoms with van der Waals surface area (Å²) >= 11 is 7.24. The number of halogens is 1. The molecule has 0 unspecified atom stereocenters. The first kappa shape index (κ1) is 18.0. The number of amides is 1. The summed E-state index contributed by atoms with van der Waals surface area (Å²) in [5.41, 5.74) is 1.02. The van der Waals surface area contributed by atoms with Crippen molar-refractivity contribution in [1.29, 1.82) is 0 Å². The number of aromatic nitrogens is 1. The molecule has 0 spiro atoms. The molecule has 0 atom stereocenters. The molecule has 0 radical (unpaired) electrons. The Bertz CT molecular complexity index is 1090. The van der Waals surface area contributed by atoms with Crippen molar-refractivity contribution >= 4 is 51.0 Å². The van der Waals surface area contributed by atoms with E-state index < -0.39 is 10.8 Å². The maximum Gasteiger partial charge on any atom is 0.275 e. The van der Waals surface area contributed by atoms with Crippen molar-refractivity contribution in [1.82, 2.24) is 4.98 Å². The van der Waals surface area contributed by atoms with Crippen LogP contribution in [0, 0.1) is 10.1 Å². The predicted molar refractivity (Wildman–Crippen MR) is 104 cm³/mol. The van der Waals surface area contributed by atoms with Gasteiger partial charge in [0, 0.05) is 29.3 Å². The summed E-state index contributed by atoms with van der Waals surface area (Å²) in [4.78, 5) is 26.8. The van der Waals surface area contributed by atoms with Gasteiger partial charge < -0.3 is 20.1 Å². The fourth-order valence-corrected chi connectivity index (χ4v) is 3.37. The lowest BCUT2D eigenvalue weighted by molar-refractivity contribution is -0.384. The Kier molecular flexibility index (Phi) is 4.72. The third-order valence-electron chi connectivity index (χ3n) is 3.77. The van der Waals surface area contributed by atoms with Crippen molar-refractivity contribution < 1.29 is 19.2 Å². The maximum absolute atomic E-state index is 12.4. The Morgan fingerprint density at radius 2 is 2.04 bits per heavy atom. The number of hydrogen-bond donors (Lipinski definition) is 2. The van der Waals surface area contributed by atoms with E-state index in [0.717, 1.165) is 5.69 Å². The second-order valence-electron chi connectivity index (χ2n) is 5.61. The molecule has 0 bridgehead atoms. The number of anilines is 3. The standard InChI is InChI=1S/C17H11ClN4O5S/c18-11-6-10(22(24)25)2-3-12(11)20-16(23)13-7-28-17(21-13)19-9-1-4-14-15(5-9)27-8-26-14/h1-7H,8H2,(H,19,21)(H,20,23). The molecule has 142 valence electrons. The Morgan fingerprint density at radius 1 is 1.21 bits per heavy atom. The van der Waals surface area contributed by atoms with Crippen molar-refractivity contribution in [3.63, 3.8) is 0 Å². The van der Waals surface area contributed by atoms with E-state index in [4.69, 9.17) is 21.1 Å². The van der Waals surface area contributed by atoms with Crippen LogP contribution in [0.3, 0.4) is 0 Å². The van der Waals surface area contributed by atoms with Crippen molar-refractivity contribution in [2.45, 2.75) is 0 Å². The van der Waals surface area contributed by atoms with Crippen LogP contribution in [-0.2, 0) is 0 Å².